The number of nitrogens with one attached hydrogen (secondary N) is 3. The number of hydrogen-bond acceptors (Lipinski definition) is 7. The van der Waals surface area contributed by atoms with Crippen molar-refractivity contribution < 1.29 is 29.1 Å². The van der Waals surface area contributed by atoms with Crippen molar-refractivity contribution in [2.45, 2.75) is 84.0 Å². The molecule has 0 fully saturated rings. The Morgan fingerprint density at radius 1 is 0.853 bits per heavy atom. The van der Waals surface area contributed by atoms with Crippen LogP contribution in [0, 0.1) is 11.8 Å². The van der Waals surface area contributed by atoms with E-state index >= 15 is 0 Å². The predicted octanol–water partition coefficient (Wildman–Crippen LogP) is -0.0365. The standard InChI is InChI=1S/C22H41N5O6S/c1-6-12(3)17(26-19(29)14(23)8-9-16(24)28)21(31)25-15(10-11-34-5)20(30)27-18(22(32)33)13(4)7-2/h12-15,17-18H,6-11,23H2,1-5H3,(H2,24,28)(H,25,31)(H,26,29)(H,27,30)(H,32,33). The Hall–Kier alpha value is -2.34. The van der Waals surface area contributed by atoms with Gasteiger partial charge in [-0.15, -0.1) is 0 Å². The predicted molar refractivity (Wildman–Crippen MR) is 132 cm³/mol. The van der Waals surface area contributed by atoms with Crippen molar-refractivity contribution in [2.75, 3.05) is 12.0 Å². The maximum Gasteiger partial charge on any atom is 0.326 e. The highest BCUT2D eigenvalue weighted by atomic mass is 32.2. The van der Waals surface area contributed by atoms with Crippen molar-refractivity contribution in [2.24, 2.45) is 23.3 Å². The number of carboxylic acid groups (broad SMARTS) is 1. The quantitative estimate of drug-likeness (QED) is 0.159. The molecule has 0 radical (unpaired) electrons. The summed E-state index contributed by atoms with van der Waals surface area (Å²) in [5.74, 6) is -3.52. The van der Waals surface area contributed by atoms with Gasteiger partial charge in [-0.2, -0.15) is 11.8 Å². The van der Waals surface area contributed by atoms with E-state index in [2.05, 4.69) is 16.0 Å². The molecule has 0 bridgehead atoms. The minimum absolute atomic E-state index is 0.0426. The number of rotatable bonds is 17. The molecule has 0 saturated heterocycles. The molecule has 0 saturated carbocycles. The molecule has 12 heteroatoms. The highest BCUT2D eigenvalue weighted by Gasteiger charge is 2.33. The fourth-order valence-electron chi connectivity index (χ4n) is 3.09. The zero-order valence-corrected chi connectivity index (χ0v) is 21.6. The van der Waals surface area contributed by atoms with Crippen molar-refractivity contribution in [3.63, 3.8) is 0 Å². The molecule has 0 heterocycles. The Morgan fingerprint density at radius 3 is 1.85 bits per heavy atom. The lowest BCUT2D eigenvalue weighted by molar-refractivity contribution is -0.144. The summed E-state index contributed by atoms with van der Waals surface area (Å²) in [5, 5.41) is 17.3. The molecule has 0 aliphatic carbocycles. The largest absolute Gasteiger partial charge is 0.480 e. The highest BCUT2D eigenvalue weighted by molar-refractivity contribution is 7.98. The fourth-order valence-corrected chi connectivity index (χ4v) is 3.57. The van der Waals surface area contributed by atoms with Crippen LogP contribution in [0.25, 0.3) is 0 Å². The summed E-state index contributed by atoms with van der Waals surface area (Å²) >= 11 is 1.48. The third-order valence-corrected chi connectivity index (χ3v) is 6.50. The molecule has 4 amide bonds. The van der Waals surface area contributed by atoms with E-state index < -0.39 is 53.8 Å². The van der Waals surface area contributed by atoms with Crippen molar-refractivity contribution >= 4 is 41.4 Å². The van der Waals surface area contributed by atoms with E-state index in [1.165, 1.54) is 11.8 Å². The molecule has 0 spiro atoms. The zero-order chi connectivity index (χ0) is 26.4. The average Bonchev–Trinajstić information content (AvgIpc) is 2.79. The van der Waals surface area contributed by atoms with Crippen molar-refractivity contribution in [1.82, 2.24) is 16.0 Å². The zero-order valence-electron chi connectivity index (χ0n) is 20.8. The molecular weight excluding hydrogens is 462 g/mol. The van der Waals surface area contributed by atoms with Crippen molar-refractivity contribution in [3.8, 4) is 0 Å². The van der Waals surface area contributed by atoms with E-state index in [0.29, 0.717) is 18.6 Å². The van der Waals surface area contributed by atoms with Crippen LogP contribution in [0.1, 0.15) is 59.8 Å². The van der Waals surface area contributed by atoms with Crippen LogP contribution in [-0.2, 0) is 24.0 Å². The first-order valence-corrected chi connectivity index (χ1v) is 12.9. The molecule has 0 rings (SSSR count). The Balaban J connectivity index is 5.53. The van der Waals surface area contributed by atoms with E-state index in [9.17, 15) is 29.1 Å². The lowest BCUT2D eigenvalue weighted by Gasteiger charge is -2.28. The van der Waals surface area contributed by atoms with E-state index in [0.717, 1.165) is 0 Å². The average molecular weight is 504 g/mol. The molecule has 6 unspecified atom stereocenters. The Kier molecular flexibility index (Phi) is 15.2. The summed E-state index contributed by atoms with van der Waals surface area (Å²) in [6, 6.07) is -4.04. The molecule has 0 aromatic rings. The number of carbonyl (C=O) groups excluding carboxylic acids is 4. The van der Waals surface area contributed by atoms with Gasteiger partial charge in [-0.05, 0) is 36.7 Å². The lowest BCUT2D eigenvalue weighted by Crippen LogP contribution is -2.59. The maximum absolute atomic E-state index is 13.1. The van der Waals surface area contributed by atoms with E-state index in [4.69, 9.17) is 11.5 Å². The SMILES string of the molecule is CCC(C)C(NC(=O)C(CCSC)NC(=O)C(NC(=O)C(N)CCC(N)=O)C(C)CC)C(=O)O. The minimum atomic E-state index is -1.15. The number of carbonyl (C=O) groups is 5. The number of amides is 4. The molecule has 0 aromatic heterocycles. The van der Waals surface area contributed by atoms with Crippen LogP contribution >= 0.6 is 11.8 Å². The maximum atomic E-state index is 13.1. The summed E-state index contributed by atoms with van der Waals surface area (Å²) in [6.07, 6.45) is 3.23. The molecular formula is C22H41N5O6S. The second kappa shape index (κ2) is 16.3. The number of carboxylic acids is 1. The Morgan fingerprint density at radius 2 is 1.38 bits per heavy atom. The van der Waals surface area contributed by atoms with Crippen LogP contribution in [0.2, 0.25) is 0 Å². The van der Waals surface area contributed by atoms with Gasteiger partial charge in [0.25, 0.3) is 0 Å². The normalized spacial score (nSPS) is 16.3. The van der Waals surface area contributed by atoms with Crippen LogP contribution in [0.3, 0.4) is 0 Å². The van der Waals surface area contributed by atoms with Gasteiger partial charge in [0.05, 0.1) is 6.04 Å². The van der Waals surface area contributed by atoms with Crippen LogP contribution in [-0.4, -0.2) is 70.9 Å². The molecule has 6 atom stereocenters. The molecule has 0 aromatic carbocycles. The number of aliphatic carboxylic acids is 1. The monoisotopic (exact) mass is 503 g/mol. The Labute approximate surface area is 205 Å². The van der Waals surface area contributed by atoms with Crippen LogP contribution < -0.4 is 27.4 Å². The molecule has 0 aliphatic heterocycles. The first-order valence-electron chi connectivity index (χ1n) is 11.6. The van der Waals surface area contributed by atoms with Gasteiger partial charge in [0.15, 0.2) is 0 Å². The van der Waals surface area contributed by atoms with Gasteiger partial charge >= 0.3 is 5.97 Å². The van der Waals surface area contributed by atoms with Gasteiger partial charge in [-0.3, -0.25) is 19.2 Å². The number of nitrogens with two attached hydrogens (primary N) is 2. The summed E-state index contributed by atoms with van der Waals surface area (Å²) < 4.78 is 0. The molecule has 34 heavy (non-hydrogen) atoms. The van der Waals surface area contributed by atoms with Gasteiger partial charge < -0.3 is 32.5 Å². The lowest BCUT2D eigenvalue weighted by atomic mass is 9.96. The van der Waals surface area contributed by atoms with Crippen molar-refractivity contribution in [3.05, 3.63) is 0 Å². The first kappa shape index (κ1) is 31.7. The third kappa shape index (κ3) is 11.2. The second-order valence-electron chi connectivity index (χ2n) is 8.54. The van der Waals surface area contributed by atoms with Crippen LogP contribution in [0.4, 0.5) is 0 Å². The van der Waals surface area contributed by atoms with Gasteiger partial charge in [-0.1, -0.05) is 40.5 Å². The third-order valence-electron chi connectivity index (χ3n) is 5.85. The smallest absolute Gasteiger partial charge is 0.326 e. The highest BCUT2D eigenvalue weighted by Crippen LogP contribution is 2.12. The van der Waals surface area contributed by atoms with Gasteiger partial charge in [-0.25, -0.2) is 4.79 Å². The first-order chi connectivity index (χ1) is 15.9. The molecule has 8 N–H and O–H groups in total. The Bertz CT molecular complexity index is 707. The topological polar surface area (TPSA) is 194 Å². The van der Waals surface area contributed by atoms with E-state index in [1.54, 1.807) is 13.8 Å². The number of primary amides is 1. The number of thioether (sulfide) groups is 1. The summed E-state index contributed by atoms with van der Waals surface area (Å²) in [5.41, 5.74) is 10.9. The van der Waals surface area contributed by atoms with Gasteiger partial charge in [0.1, 0.15) is 18.1 Å². The van der Waals surface area contributed by atoms with Crippen molar-refractivity contribution in [1.29, 1.82) is 0 Å². The van der Waals surface area contributed by atoms with E-state index in [-0.39, 0.29) is 31.1 Å². The number of hydrogen-bond donors (Lipinski definition) is 6. The van der Waals surface area contributed by atoms with Crippen LogP contribution in [0.15, 0.2) is 0 Å². The van der Waals surface area contributed by atoms with Gasteiger partial charge in [0, 0.05) is 6.42 Å². The summed E-state index contributed by atoms with van der Waals surface area (Å²) in [7, 11) is 0. The van der Waals surface area contributed by atoms with E-state index in [1.807, 2.05) is 20.1 Å². The minimum Gasteiger partial charge on any atom is -0.480 e. The fraction of sp³-hybridized carbons (Fsp3) is 0.773. The summed E-state index contributed by atoms with van der Waals surface area (Å²) in [4.78, 5) is 61.1. The second-order valence-corrected chi connectivity index (χ2v) is 9.52. The molecule has 0 aliphatic rings. The summed E-state index contributed by atoms with van der Waals surface area (Å²) in [6.45, 7) is 7.18. The molecule has 196 valence electrons. The molecule has 11 nitrogen and oxygen atoms in total. The van der Waals surface area contributed by atoms with Gasteiger partial charge in [0.2, 0.25) is 23.6 Å². The van der Waals surface area contributed by atoms with Crippen LogP contribution in [0.5, 0.6) is 0 Å².